The van der Waals surface area contributed by atoms with Gasteiger partial charge in [0.15, 0.2) is 11.6 Å². The SMILES string of the molecule is FC1=C[C@H](F)Cc2c(Nc3nc(-c4cc(C(F)(F)F)ccc4Cl)nc4ccccc34)n[nH]c21. The van der Waals surface area contributed by atoms with E-state index in [1.807, 2.05) is 0 Å². The lowest BCUT2D eigenvalue weighted by molar-refractivity contribution is -0.137. The van der Waals surface area contributed by atoms with Gasteiger partial charge in [0.25, 0.3) is 0 Å². The standard InChI is InChI=1S/C22H13ClF5N5/c23-15-6-5-10(22(26,27)28)7-13(15)20-29-17-4-2-1-3-12(17)19(30-20)31-21-14-8-11(24)9-16(25)18(14)32-33-21/h1-7,9,11H,8H2,(H2,29,30,31,32,33)/t11-/m1/s1. The van der Waals surface area contributed by atoms with Gasteiger partial charge in [0.2, 0.25) is 0 Å². The molecule has 0 unspecified atom stereocenters. The smallest absolute Gasteiger partial charge is 0.323 e. The molecule has 4 aromatic rings. The van der Waals surface area contributed by atoms with E-state index in [4.69, 9.17) is 11.6 Å². The third-order valence-electron chi connectivity index (χ3n) is 5.21. The number of rotatable bonds is 3. The van der Waals surface area contributed by atoms with Crippen LogP contribution in [0.3, 0.4) is 0 Å². The van der Waals surface area contributed by atoms with Crippen molar-refractivity contribution in [2.75, 3.05) is 5.32 Å². The van der Waals surface area contributed by atoms with E-state index >= 15 is 0 Å². The first-order valence-corrected chi connectivity index (χ1v) is 10.1. The number of nitrogens with one attached hydrogen (secondary N) is 2. The van der Waals surface area contributed by atoms with Crippen molar-refractivity contribution in [3.8, 4) is 11.4 Å². The second-order valence-electron chi connectivity index (χ2n) is 7.39. The fourth-order valence-corrected chi connectivity index (χ4v) is 3.84. The van der Waals surface area contributed by atoms with Gasteiger partial charge in [-0.15, -0.1) is 0 Å². The lowest BCUT2D eigenvalue weighted by atomic mass is 10.0. The van der Waals surface area contributed by atoms with Crippen LogP contribution in [0.4, 0.5) is 33.6 Å². The predicted molar refractivity (Wildman–Crippen MR) is 115 cm³/mol. The van der Waals surface area contributed by atoms with Crippen molar-refractivity contribution >= 4 is 40.0 Å². The summed E-state index contributed by atoms with van der Waals surface area (Å²) in [5, 5.41) is 10.1. The number of H-pyrrole nitrogens is 1. The van der Waals surface area contributed by atoms with Crippen molar-refractivity contribution in [1.29, 1.82) is 0 Å². The maximum atomic E-state index is 14.1. The molecular weight excluding hydrogens is 465 g/mol. The van der Waals surface area contributed by atoms with Gasteiger partial charge in [0.1, 0.15) is 17.8 Å². The number of benzene rings is 2. The predicted octanol–water partition coefficient (Wildman–Crippen LogP) is 6.64. The second kappa shape index (κ2) is 7.80. The normalized spacial score (nSPS) is 15.9. The largest absolute Gasteiger partial charge is 0.416 e. The summed E-state index contributed by atoms with van der Waals surface area (Å²) in [5.41, 5.74) is -0.125. The van der Waals surface area contributed by atoms with Crippen molar-refractivity contribution < 1.29 is 22.0 Å². The van der Waals surface area contributed by atoms with Gasteiger partial charge in [0.05, 0.1) is 21.8 Å². The zero-order chi connectivity index (χ0) is 23.3. The molecule has 0 fully saturated rings. The van der Waals surface area contributed by atoms with E-state index in [-0.39, 0.29) is 40.2 Å². The Balaban J connectivity index is 1.65. The number of hydrogen-bond acceptors (Lipinski definition) is 4. The number of nitrogens with zero attached hydrogens (tertiary/aromatic N) is 3. The Kier molecular flexibility index (Phi) is 5.04. The van der Waals surface area contributed by atoms with E-state index in [0.29, 0.717) is 16.5 Å². The molecule has 2 heterocycles. The molecule has 11 heteroatoms. The van der Waals surface area contributed by atoms with Crippen LogP contribution < -0.4 is 5.32 Å². The highest BCUT2D eigenvalue weighted by atomic mass is 35.5. The first kappa shape index (κ1) is 21.3. The molecule has 0 radical (unpaired) electrons. The quantitative estimate of drug-likeness (QED) is 0.325. The molecule has 33 heavy (non-hydrogen) atoms. The highest BCUT2D eigenvalue weighted by Gasteiger charge is 2.31. The molecule has 168 valence electrons. The van der Waals surface area contributed by atoms with Crippen LogP contribution in [0.5, 0.6) is 0 Å². The van der Waals surface area contributed by atoms with Crippen LogP contribution in [0.1, 0.15) is 16.8 Å². The molecule has 0 spiro atoms. The second-order valence-corrected chi connectivity index (χ2v) is 7.80. The van der Waals surface area contributed by atoms with Gasteiger partial charge in [-0.3, -0.25) is 5.10 Å². The Morgan fingerprint density at radius 3 is 2.64 bits per heavy atom. The third-order valence-corrected chi connectivity index (χ3v) is 5.54. The summed E-state index contributed by atoms with van der Waals surface area (Å²) in [4.78, 5) is 8.76. The van der Waals surface area contributed by atoms with Crippen LogP contribution in [0, 0.1) is 0 Å². The number of halogens is 6. The fraction of sp³-hybridized carbons (Fsp3) is 0.136. The minimum absolute atomic E-state index is 0.0119. The van der Waals surface area contributed by atoms with E-state index < -0.39 is 23.7 Å². The van der Waals surface area contributed by atoms with Gasteiger partial charge < -0.3 is 5.32 Å². The summed E-state index contributed by atoms with van der Waals surface area (Å²) >= 11 is 6.18. The molecule has 0 bridgehead atoms. The number of allylic oxidation sites excluding steroid dienone is 1. The number of aromatic nitrogens is 4. The van der Waals surface area contributed by atoms with E-state index in [2.05, 4.69) is 25.5 Å². The topological polar surface area (TPSA) is 66.5 Å². The molecule has 2 aromatic carbocycles. The Morgan fingerprint density at radius 2 is 1.85 bits per heavy atom. The summed E-state index contributed by atoms with van der Waals surface area (Å²) in [6.45, 7) is 0. The molecular formula is C22H13ClF5N5. The molecule has 1 aliphatic carbocycles. The Morgan fingerprint density at radius 1 is 1.06 bits per heavy atom. The van der Waals surface area contributed by atoms with Crippen LogP contribution in [-0.2, 0) is 12.6 Å². The summed E-state index contributed by atoms with van der Waals surface area (Å²) < 4.78 is 67.7. The van der Waals surface area contributed by atoms with Gasteiger partial charge >= 0.3 is 6.18 Å². The van der Waals surface area contributed by atoms with Gasteiger partial charge in [-0.25, -0.2) is 18.7 Å². The Labute approximate surface area is 188 Å². The maximum absolute atomic E-state index is 14.1. The van der Waals surface area contributed by atoms with E-state index in [9.17, 15) is 22.0 Å². The minimum atomic E-state index is -4.58. The zero-order valence-electron chi connectivity index (χ0n) is 16.5. The van der Waals surface area contributed by atoms with E-state index in [0.717, 1.165) is 24.3 Å². The van der Waals surface area contributed by atoms with Crippen LogP contribution in [0.25, 0.3) is 28.1 Å². The highest BCUT2D eigenvalue weighted by molar-refractivity contribution is 6.33. The summed E-state index contributed by atoms with van der Waals surface area (Å²) in [6.07, 6.45) is -5.33. The van der Waals surface area contributed by atoms with Crippen molar-refractivity contribution in [2.45, 2.75) is 18.8 Å². The van der Waals surface area contributed by atoms with Crippen molar-refractivity contribution in [2.24, 2.45) is 0 Å². The molecule has 0 saturated heterocycles. The van der Waals surface area contributed by atoms with Gasteiger partial charge in [-0.2, -0.15) is 18.3 Å². The van der Waals surface area contributed by atoms with E-state index in [1.54, 1.807) is 24.3 Å². The highest BCUT2D eigenvalue weighted by Crippen LogP contribution is 2.37. The van der Waals surface area contributed by atoms with Gasteiger partial charge in [0, 0.05) is 22.9 Å². The Hall–Kier alpha value is -3.53. The van der Waals surface area contributed by atoms with E-state index in [1.165, 1.54) is 0 Å². The number of fused-ring (bicyclic) bond motifs is 2. The molecule has 5 nitrogen and oxygen atoms in total. The van der Waals surface area contributed by atoms with Crippen LogP contribution in [-0.4, -0.2) is 26.3 Å². The summed E-state index contributed by atoms with van der Waals surface area (Å²) in [5.74, 6) is -0.455. The first-order valence-electron chi connectivity index (χ1n) is 9.70. The van der Waals surface area contributed by atoms with Crippen molar-refractivity contribution in [1.82, 2.24) is 20.2 Å². The molecule has 2 aromatic heterocycles. The molecule has 0 saturated carbocycles. The molecule has 0 amide bonds. The van der Waals surface area contributed by atoms with Crippen molar-refractivity contribution in [3.63, 3.8) is 0 Å². The molecule has 1 atom stereocenters. The lowest BCUT2D eigenvalue weighted by Gasteiger charge is -2.15. The molecule has 2 N–H and O–H groups in total. The summed E-state index contributed by atoms with van der Waals surface area (Å²) in [7, 11) is 0. The molecule has 5 rings (SSSR count). The maximum Gasteiger partial charge on any atom is 0.416 e. The Bertz CT molecular complexity index is 1410. The number of anilines is 2. The molecule has 1 aliphatic rings. The zero-order valence-corrected chi connectivity index (χ0v) is 17.3. The van der Waals surface area contributed by atoms with Gasteiger partial charge in [-0.1, -0.05) is 23.7 Å². The van der Waals surface area contributed by atoms with Crippen LogP contribution in [0.2, 0.25) is 5.02 Å². The molecule has 0 aliphatic heterocycles. The van der Waals surface area contributed by atoms with Crippen molar-refractivity contribution in [3.05, 3.63) is 70.4 Å². The summed E-state index contributed by atoms with van der Waals surface area (Å²) in [6, 6.07) is 9.68. The number of para-hydroxylation sites is 1. The third kappa shape index (κ3) is 3.91. The number of hydrogen-bond donors (Lipinski definition) is 2. The van der Waals surface area contributed by atoms with Crippen LogP contribution in [0.15, 0.2) is 48.5 Å². The lowest BCUT2D eigenvalue weighted by Crippen LogP contribution is -2.10. The van der Waals surface area contributed by atoms with Gasteiger partial charge in [-0.05, 0) is 36.4 Å². The minimum Gasteiger partial charge on any atom is -0.323 e. The van der Waals surface area contributed by atoms with Crippen LogP contribution >= 0.6 is 11.6 Å². The average Bonchev–Trinajstić information content (AvgIpc) is 3.16. The first-order chi connectivity index (χ1) is 15.7. The average molecular weight is 478 g/mol. The fourth-order valence-electron chi connectivity index (χ4n) is 3.64. The number of aromatic amines is 1. The monoisotopic (exact) mass is 477 g/mol. The number of alkyl halides is 4.